The zero-order valence-electron chi connectivity index (χ0n) is 19.8. The molecule has 1 aromatic carbocycles. The largest absolute Gasteiger partial charge is 1.00 e. The van der Waals surface area contributed by atoms with Crippen LogP contribution in [0.4, 0.5) is 14.9 Å². The van der Waals surface area contributed by atoms with Gasteiger partial charge in [0, 0.05) is 12.3 Å². The number of aromatic nitrogens is 1. The molecule has 2 heterocycles. The van der Waals surface area contributed by atoms with Crippen LogP contribution < -0.4 is 61.4 Å². The van der Waals surface area contributed by atoms with Crippen LogP contribution in [0.1, 0.15) is 37.3 Å². The first-order valence-corrected chi connectivity index (χ1v) is 12.7. The number of benzene rings is 1. The fourth-order valence-electron chi connectivity index (χ4n) is 4.63. The van der Waals surface area contributed by atoms with Crippen molar-refractivity contribution in [3.63, 3.8) is 0 Å². The van der Waals surface area contributed by atoms with E-state index in [1.165, 1.54) is 19.4 Å². The van der Waals surface area contributed by atoms with E-state index in [0.29, 0.717) is 72.6 Å². The third-order valence-corrected chi connectivity index (χ3v) is 8.18. The summed E-state index contributed by atoms with van der Waals surface area (Å²) in [6, 6.07) is 3.73. The Kier molecular flexibility index (Phi) is 9.52. The number of rotatable bonds is 6. The van der Waals surface area contributed by atoms with E-state index >= 15 is 0 Å². The SMILES string of the molecule is CCN1CCC(S(=O)(=O)[N-]C(=O)Nc2c(-c3ccnc(OC)c3)cc(F)c3c2CCC3)CC1.[K+]. The molecule has 0 radical (unpaired) electrons. The number of hydrogen-bond acceptors (Lipinski definition) is 6. The minimum atomic E-state index is -3.96. The minimum absolute atomic E-state index is 0. The molecular weight excluding hydrogens is 486 g/mol. The van der Waals surface area contributed by atoms with E-state index in [1.807, 2.05) is 6.92 Å². The Hall–Kier alpha value is -1.08. The summed E-state index contributed by atoms with van der Waals surface area (Å²) in [5.41, 5.74) is 2.65. The molecule has 1 aliphatic carbocycles. The first-order valence-electron chi connectivity index (χ1n) is 11.2. The Balaban J connectivity index is 0.00000324. The number of halogens is 1. The van der Waals surface area contributed by atoms with Crippen molar-refractivity contribution in [2.24, 2.45) is 0 Å². The van der Waals surface area contributed by atoms with Crippen LogP contribution in [0.5, 0.6) is 5.88 Å². The number of anilines is 1. The molecular formula is C23H28FKN4O4S. The van der Waals surface area contributed by atoms with Crippen molar-refractivity contribution < 1.29 is 73.7 Å². The van der Waals surface area contributed by atoms with E-state index in [2.05, 4.69) is 19.9 Å². The van der Waals surface area contributed by atoms with Crippen LogP contribution in [0.3, 0.4) is 0 Å². The first-order chi connectivity index (χ1) is 15.8. The van der Waals surface area contributed by atoms with Gasteiger partial charge in [-0.05, 0) is 91.8 Å². The van der Waals surface area contributed by atoms with Crippen molar-refractivity contribution in [3.8, 4) is 17.0 Å². The maximum atomic E-state index is 14.8. The molecule has 2 aliphatic rings. The summed E-state index contributed by atoms with van der Waals surface area (Å²) in [6.45, 7) is 4.22. The second-order valence-electron chi connectivity index (χ2n) is 8.35. The molecule has 34 heavy (non-hydrogen) atoms. The topological polar surface area (TPSA) is 103 Å². The molecule has 8 nitrogen and oxygen atoms in total. The van der Waals surface area contributed by atoms with E-state index in [0.717, 1.165) is 13.0 Å². The van der Waals surface area contributed by atoms with Crippen LogP contribution in [0.25, 0.3) is 15.8 Å². The van der Waals surface area contributed by atoms with Crippen LogP contribution in [0, 0.1) is 5.82 Å². The van der Waals surface area contributed by atoms with Gasteiger partial charge in [-0.25, -0.2) is 17.8 Å². The van der Waals surface area contributed by atoms with Gasteiger partial charge >= 0.3 is 51.4 Å². The number of piperidine rings is 1. The molecule has 0 bridgehead atoms. The molecule has 11 heteroatoms. The molecule has 4 rings (SSSR count). The second kappa shape index (κ2) is 11.8. The Morgan fingerprint density at radius 3 is 2.65 bits per heavy atom. The Labute approximate surface area is 242 Å². The number of fused-ring (bicyclic) bond motifs is 1. The summed E-state index contributed by atoms with van der Waals surface area (Å²) >= 11 is 0. The van der Waals surface area contributed by atoms with E-state index < -0.39 is 21.3 Å². The number of carbonyl (C=O) groups excluding carboxylic acids is 1. The Bertz CT molecular complexity index is 1150. The maximum absolute atomic E-state index is 14.8. The normalized spacial score (nSPS) is 16.4. The second-order valence-corrected chi connectivity index (χ2v) is 10.2. The molecule has 1 aliphatic heterocycles. The zero-order valence-corrected chi connectivity index (χ0v) is 23.7. The fourth-order valence-corrected chi connectivity index (χ4v) is 5.87. The minimum Gasteiger partial charge on any atom is -0.481 e. The average molecular weight is 515 g/mol. The van der Waals surface area contributed by atoms with Crippen molar-refractivity contribution >= 4 is 21.7 Å². The number of pyridine rings is 1. The smallest absolute Gasteiger partial charge is 0.481 e. The van der Waals surface area contributed by atoms with E-state index in [9.17, 15) is 17.6 Å². The summed E-state index contributed by atoms with van der Waals surface area (Å²) in [5, 5.41) is 1.99. The van der Waals surface area contributed by atoms with Crippen LogP contribution >= 0.6 is 0 Å². The molecule has 1 N–H and O–H groups in total. The predicted molar refractivity (Wildman–Crippen MR) is 125 cm³/mol. The van der Waals surface area contributed by atoms with Gasteiger partial charge in [0.05, 0.1) is 12.4 Å². The van der Waals surface area contributed by atoms with Crippen molar-refractivity contribution in [2.45, 2.75) is 44.3 Å². The van der Waals surface area contributed by atoms with Crippen LogP contribution in [-0.4, -0.2) is 56.3 Å². The third kappa shape index (κ3) is 6.00. The number of urea groups is 1. The summed E-state index contributed by atoms with van der Waals surface area (Å²) in [5.74, 6) is -0.00473. The summed E-state index contributed by atoms with van der Waals surface area (Å²) in [6.07, 6.45) is 4.32. The van der Waals surface area contributed by atoms with E-state index in [1.54, 1.807) is 12.1 Å². The van der Waals surface area contributed by atoms with Crippen molar-refractivity contribution in [3.05, 3.63) is 46.1 Å². The average Bonchev–Trinajstić information content (AvgIpc) is 3.31. The molecule has 1 aromatic heterocycles. The van der Waals surface area contributed by atoms with Gasteiger partial charge in [-0.2, -0.15) is 0 Å². The molecule has 0 unspecified atom stereocenters. The molecule has 2 amide bonds. The standard InChI is InChI=1S/C23H29FN4O4S.K/c1-3-28-11-8-16(9-12-28)33(30,31)27-23(29)26-22-18-6-4-5-17(18)20(24)14-19(22)15-7-10-25-21(13-15)32-2;/h7,10,13-14,16H,3-6,8-9,11-12H2,1-2H3,(H2,25,26,27,29);/q;+1/p-1. The number of sulfonamides is 1. The van der Waals surface area contributed by atoms with Crippen LogP contribution in [0.2, 0.25) is 0 Å². The molecule has 0 saturated carbocycles. The van der Waals surface area contributed by atoms with Gasteiger partial charge < -0.3 is 19.7 Å². The number of carbonyl (C=O) groups is 1. The third-order valence-electron chi connectivity index (χ3n) is 6.45. The molecule has 0 atom stereocenters. The molecule has 1 fully saturated rings. The van der Waals surface area contributed by atoms with E-state index in [-0.39, 0.29) is 57.2 Å². The van der Waals surface area contributed by atoms with Crippen molar-refractivity contribution in [1.82, 2.24) is 9.88 Å². The molecule has 2 aromatic rings. The summed E-state index contributed by atoms with van der Waals surface area (Å²) in [4.78, 5) is 19.0. The number of nitrogens with zero attached hydrogens (tertiary/aromatic N) is 3. The molecule has 1 saturated heterocycles. The number of hydrogen-bond donors (Lipinski definition) is 1. The first kappa shape index (κ1) is 27.5. The van der Waals surface area contributed by atoms with Gasteiger partial charge in [-0.1, -0.05) is 6.92 Å². The van der Waals surface area contributed by atoms with E-state index in [4.69, 9.17) is 4.74 Å². The van der Waals surface area contributed by atoms with Gasteiger partial charge in [0.25, 0.3) is 0 Å². The number of likely N-dealkylation sites (tertiary alicyclic amines) is 1. The summed E-state index contributed by atoms with van der Waals surface area (Å²) < 4.78 is 49.1. The zero-order chi connectivity index (χ0) is 23.6. The van der Waals surface area contributed by atoms with Crippen molar-refractivity contribution in [2.75, 3.05) is 32.1 Å². The molecule has 0 spiro atoms. The number of ether oxygens (including phenoxy) is 1. The fraction of sp³-hybridized carbons (Fsp3) is 0.478. The van der Waals surface area contributed by atoms with Gasteiger partial charge in [0.1, 0.15) is 5.82 Å². The maximum Gasteiger partial charge on any atom is 1.00 e. The number of amides is 2. The monoisotopic (exact) mass is 514 g/mol. The van der Waals surface area contributed by atoms with Gasteiger partial charge in [0.15, 0.2) is 16.1 Å². The van der Waals surface area contributed by atoms with Crippen molar-refractivity contribution in [1.29, 1.82) is 0 Å². The Morgan fingerprint density at radius 1 is 1.26 bits per heavy atom. The quantitative estimate of drug-likeness (QED) is 0.580. The summed E-state index contributed by atoms with van der Waals surface area (Å²) in [7, 11) is -2.48. The number of nitrogens with one attached hydrogen (secondary N) is 1. The van der Waals surface area contributed by atoms with Gasteiger partial charge in [-0.15, -0.1) is 0 Å². The van der Waals surface area contributed by atoms with Crippen LogP contribution in [0.15, 0.2) is 24.4 Å². The van der Waals surface area contributed by atoms with Crippen LogP contribution in [-0.2, 0) is 22.9 Å². The van der Waals surface area contributed by atoms with Gasteiger partial charge in [0.2, 0.25) is 5.88 Å². The predicted octanol–water partition coefficient (Wildman–Crippen LogP) is 1.11. The van der Waals surface area contributed by atoms with Gasteiger partial charge in [-0.3, -0.25) is 4.79 Å². The Morgan fingerprint density at radius 2 is 1.97 bits per heavy atom. The molecule has 178 valence electrons. The number of methoxy groups -OCH3 is 1.